The number of allylic oxidation sites excluding steroid dienone is 1. The molecule has 0 saturated carbocycles. The van der Waals surface area contributed by atoms with Crippen molar-refractivity contribution in [3.63, 3.8) is 0 Å². The lowest BCUT2D eigenvalue weighted by Gasteiger charge is -2.16. The number of halogens is 2. The van der Waals surface area contributed by atoms with Crippen LogP contribution >= 0.6 is 0 Å². The van der Waals surface area contributed by atoms with Crippen molar-refractivity contribution in [2.75, 3.05) is 5.84 Å². The Bertz CT molecular complexity index is 1830. The molecule has 3 aromatic carbocycles. The van der Waals surface area contributed by atoms with E-state index in [-0.39, 0.29) is 18.2 Å². The summed E-state index contributed by atoms with van der Waals surface area (Å²) in [7, 11) is 0. The van der Waals surface area contributed by atoms with E-state index in [1.54, 1.807) is 6.92 Å². The van der Waals surface area contributed by atoms with E-state index in [0.717, 1.165) is 57.1 Å². The van der Waals surface area contributed by atoms with Gasteiger partial charge >= 0.3 is 5.76 Å². The molecule has 0 spiro atoms. The van der Waals surface area contributed by atoms with Crippen molar-refractivity contribution in [3.8, 4) is 5.75 Å². The lowest BCUT2D eigenvalue weighted by Crippen LogP contribution is -2.24. The van der Waals surface area contributed by atoms with Gasteiger partial charge in [0, 0.05) is 24.1 Å². The Hall–Kier alpha value is -4.73. The van der Waals surface area contributed by atoms with Crippen molar-refractivity contribution in [2.24, 2.45) is 0 Å². The average Bonchev–Trinajstić information content (AvgIpc) is 3.39. The number of para-hydroxylation sites is 2. The number of fused-ring (bicyclic) bond motifs is 3. The molecular formula is C29H25F2N5O3. The molecule has 3 heterocycles. The molecule has 0 amide bonds. The topological polar surface area (TPSA) is 101 Å². The summed E-state index contributed by atoms with van der Waals surface area (Å²) in [6, 6.07) is 16.4. The monoisotopic (exact) mass is 529 g/mol. The van der Waals surface area contributed by atoms with E-state index in [1.165, 1.54) is 6.07 Å². The van der Waals surface area contributed by atoms with Crippen LogP contribution in [0.5, 0.6) is 5.75 Å². The van der Waals surface area contributed by atoms with Crippen LogP contribution in [-0.2, 0) is 19.6 Å². The van der Waals surface area contributed by atoms with Gasteiger partial charge in [0.25, 0.3) is 0 Å². The smallest absolute Gasteiger partial charge is 0.460 e. The third-order valence-corrected chi connectivity index (χ3v) is 7.02. The SMILES string of the molecule is CCCc1nc2ccccc2n1Cc1ccc2c(c1)COc1c(ccc(F)c1F)/C2=C(\C)c1noc(=O)n1N. The van der Waals surface area contributed by atoms with Gasteiger partial charge in [0.15, 0.2) is 11.6 Å². The minimum atomic E-state index is -1.09. The molecule has 5 aromatic rings. The van der Waals surface area contributed by atoms with Gasteiger partial charge in [0.05, 0.1) is 11.0 Å². The minimum absolute atomic E-state index is 0.00800. The molecule has 39 heavy (non-hydrogen) atoms. The van der Waals surface area contributed by atoms with E-state index in [4.69, 9.17) is 20.1 Å². The van der Waals surface area contributed by atoms with Gasteiger partial charge in [-0.15, -0.1) is 0 Å². The normalized spacial score (nSPS) is 14.1. The molecule has 2 N–H and O–H groups in total. The number of nitrogen functional groups attached to an aromatic ring is 1. The van der Waals surface area contributed by atoms with Gasteiger partial charge in [-0.2, -0.15) is 9.07 Å². The third-order valence-electron chi connectivity index (χ3n) is 7.02. The molecule has 0 aliphatic carbocycles. The van der Waals surface area contributed by atoms with Gasteiger partial charge in [0.1, 0.15) is 12.4 Å². The first kappa shape index (κ1) is 24.6. The first-order valence-corrected chi connectivity index (χ1v) is 12.6. The molecular weight excluding hydrogens is 504 g/mol. The zero-order chi connectivity index (χ0) is 27.3. The summed E-state index contributed by atoms with van der Waals surface area (Å²) in [6.07, 6.45) is 1.80. The molecule has 2 aromatic heterocycles. The molecule has 0 atom stereocenters. The Morgan fingerprint density at radius 2 is 1.90 bits per heavy atom. The van der Waals surface area contributed by atoms with Crippen LogP contribution in [0.25, 0.3) is 22.2 Å². The second kappa shape index (κ2) is 9.54. The van der Waals surface area contributed by atoms with E-state index in [9.17, 15) is 13.6 Å². The lowest BCUT2D eigenvalue weighted by molar-refractivity contribution is 0.285. The molecule has 0 fully saturated rings. The molecule has 6 rings (SSSR count). The number of nitrogens with two attached hydrogens (primary N) is 1. The zero-order valence-corrected chi connectivity index (χ0v) is 21.4. The maximum absolute atomic E-state index is 15.0. The van der Waals surface area contributed by atoms with Crippen molar-refractivity contribution < 1.29 is 18.0 Å². The fourth-order valence-corrected chi connectivity index (χ4v) is 5.19. The molecule has 0 bridgehead atoms. The van der Waals surface area contributed by atoms with Crippen molar-refractivity contribution >= 4 is 22.2 Å². The van der Waals surface area contributed by atoms with Gasteiger partial charge in [0.2, 0.25) is 11.6 Å². The van der Waals surface area contributed by atoms with Gasteiger partial charge in [-0.3, -0.25) is 4.52 Å². The predicted octanol–water partition coefficient (Wildman–Crippen LogP) is 5.05. The maximum atomic E-state index is 15.0. The molecule has 10 heteroatoms. The highest BCUT2D eigenvalue weighted by molar-refractivity contribution is 5.99. The van der Waals surface area contributed by atoms with Crippen molar-refractivity contribution in [1.29, 1.82) is 0 Å². The van der Waals surface area contributed by atoms with Gasteiger partial charge < -0.3 is 15.1 Å². The highest BCUT2D eigenvalue weighted by Crippen LogP contribution is 2.42. The summed E-state index contributed by atoms with van der Waals surface area (Å²) in [4.78, 5) is 16.7. The van der Waals surface area contributed by atoms with Crippen LogP contribution in [0, 0.1) is 11.6 Å². The summed E-state index contributed by atoms with van der Waals surface area (Å²) in [5.74, 6) is 3.75. The maximum Gasteiger partial charge on any atom is 0.460 e. The molecule has 0 unspecified atom stereocenters. The van der Waals surface area contributed by atoms with E-state index >= 15 is 0 Å². The summed E-state index contributed by atoms with van der Waals surface area (Å²) < 4.78 is 42.7. The standard InChI is InChI=1S/C29H25F2N5O3/c1-3-6-24-33-22-7-4-5-8-23(22)35(24)14-17-9-10-19-18(13-17)15-38-27-20(11-12-21(30)26(27)31)25(19)16(2)28-34-39-29(37)36(28)32/h4-5,7-13H,3,6,14-15,32H2,1-2H3/b25-16+. The largest absolute Gasteiger partial charge is 0.485 e. The Kier molecular flexibility index (Phi) is 6.02. The van der Waals surface area contributed by atoms with Crippen molar-refractivity contribution in [2.45, 2.75) is 39.8 Å². The fourth-order valence-electron chi connectivity index (χ4n) is 5.19. The third kappa shape index (κ3) is 4.08. The molecule has 198 valence electrons. The van der Waals surface area contributed by atoms with E-state index < -0.39 is 17.4 Å². The van der Waals surface area contributed by atoms with Crippen LogP contribution < -0.4 is 16.3 Å². The second-order valence-electron chi connectivity index (χ2n) is 9.51. The van der Waals surface area contributed by atoms with Gasteiger partial charge in [-0.1, -0.05) is 36.3 Å². The fraction of sp³-hybridized carbons (Fsp3) is 0.207. The number of aromatic nitrogens is 4. The molecule has 0 saturated heterocycles. The number of hydrogen-bond acceptors (Lipinski definition) is 6. The number of imidazole rings is 1. The summed E-state index contributed by atoms with van der Waals surface area (Å²) in [5, 5.41) is 3.80. The number of benzene rings is 3. The molecule has 8 nitrogen and oxygen atoms in total. The van der Waals surface area contributed by atoms with E-state index in [1.807, 2.05) is 36.4 Å². The number of ether oxygens (including phenoxy) is 1. The van der Waals surface area contributed by atoms with E-state index in [0.29, 0.717) is 23.3 Å². The first-order valence-electron chi connectivity index (χ1n) is 12.6. The van der Waals surface area contributed by atoms with Crippen LogP contribution in [-0.4, -0.2) is 19.4 Å². The van der Waals surface area contributed by atoms with Crippen LogP contribution in [0.15, 0.2) is 63.9 Å². The Morgan fingerprint density at radius 3 is 2.67 bits per heavy atom. The summed E-state index contributed by atoms with van der Waals surface area (Å²) in [6.45, 7) is 4.39. The quantitative estimate of drug-likeness (QED) is 0.320. The average molecular weight is 530 g/mol. The molecule has 1 aliphatic heterocycles. The number of hydrogen-bond donors (Lipinski definition) is 1. The molecule has 1 aliphatic rings. The van der Waals surface area contributed by atoms with Crippen molar-refractivity contribution in [3.05, 3.63) is 111 Å². The van der Waals surface area contributed by atoms with Crippen LogP contribution in [0.4, 0.5) is 8.78 Å². The Labute approximate surface area is 221 Å². The van der Waals surface area contributed by atoms with Gasteiger partial charge in [-0.25, -0.2) is 14.2 Å². The Balaban J connectivity index is 1.51. The first-order chi connectivity index (χ1) is 18.9. The van der Waals surface area contributed by atoms with Crippen LogP contribution in [0.2, 0.25) is 0 Å². The highest BCUT2D eigenvalue weighted by Gasteiger charge is 2.28. The summed E-state index contributed by atoms with van der Waals surface area (Å²) >= 11 is 0. The van der Waals surface area contributed by atoms with Gasteiger partial charge in [-0.05, 0) is 65.9 Å². The van der Waals surface area contributed by atoms with Crippen LogP contribution in [0.1, 0.15) is 54.2 Å². The number of nitrogens with zero attached hydrogens (tertiary/aromatic N) is 4. The van der Waals surface area contributed by atoms with E-state index in [2.05, 4.69) is 22.7 Å². The Morgan fingerprint density at radius 1 is 1.10 bits per heavy atom. The number of rotatable bonds is 5. The number of aryl methyl sites for hydroxylation is 1. The highest BCUT2D eigenvalue weighted by atomic mass is 19.2. The second-order valence-corrected chi connectivity index (χ2v) is 9.51. The lowest BCUT2D eigenvalue weighted by atomic mass is 9.89. The minimum Gasteiger partial charge on any atom is -0.485 e. The predicted molar refractivity (Wildman–Crippen MR) is 142 cm³/mol. The summed E-state index contributed by atoms with van der Waals surface area (Å²) in [5.41, 5.74) is 5.73. The van der Waals surface area contributed by atoms with Crippen LogP contribution in [0.3, 0.4) is 0 Å². The molecule has 0 radical (unpaired) electrons. The zero-order valence-electron chi connectivity index (χ0n) is 21.4. The van der Waals surface area contributed by atoms with Crippen molar-refractivity contribution in [1.82, 2.24) is 19.4 Å².